The average molecular weight is 864 g/mol. The minimum atomic E-state index is -4.40. The molecule has 1 aromatic carbocycles. The van der Waals surface area contributed by atoms with Gasteiger partial charge in [-0.1, -0.05) is 26.0 Å². The summed E-state index contributed by atoms with van der Waals surface area (Å²) < 4.78 is 92.4. The molecule has 1 saturated heterocycles. The van der Waals surface area contributed by atoms with Crippen LogP contribution in [0.1, 0.15) is 92.4 Å². The van der Waals surface area contributed by atoms with Gasteiger partial charge in [-0.05, 0) is 93.7 Å². The van der Waals surface area contributed by atoms with Crippen molar-refractivity contribution in [1.29, 1.82) is 0 Å². The van der Waals surface area contributed by atoms with Crippen LogP contribution in [0, 0.1) is 29.1 Å². The Bertz CT molecular complexity index is 2140. The van der Waals surface area contributed by atoms with Crippen molar-refractivity contribution in [1.82, 2.24) is 14.6 Å². The van der Waals surface area contributed by atoms with E-state index in [0.717, 1.165) is 13.8 Å². The number of carbonyl (C=O) groups excluding carboxylic acids is 4. The first-order chi connectivity index (χ1) is 28.1. The predicted molar refractivity (Wildman–Crippen MR) is 215 cm³/mol. The van der Waals surface area contributed by atoms with Crippen molar-refractivity contribution in [3.05, 3.63) is 36.5 Å². The lowest BCUT2D eigenvalue weighted by molar-refractivity contribution is -0.197. The minimum Gasteiger partial charge on any atom is -0.493 e. The van der Waals surface area contributed by atoms with Crippen LogP contribution < -0.4 is 18.9 Å². The molecule has 0 spiro atoms. The SMILES string of the molecule is COc1cc2ccnc(O[C@@H]3C[C@H]4C(=O)C[C@]5(C(=O)NS(=O)(=O)C6(CF)CC6)C[C@H]5/C=C\CC[C@@H](C)C[C@@H](C)[C@H](CC(=O)OC(C)(C)C(C)(F)F)C(=O)N4C3)c2cc1OC. The number of hydrogen-bond acceptors (Lipinski definition) is 11. The zero-order chi connectivity index (χ0) is 44.0. The number of sulfonamides is 1. The summed E-state index contributed by atoms with van der Waals surface area (Å²) in [6.45, 7) is 5.35. The van der Waals surface area contributed by atoms with Gasteiger partial charge >= 0.3 is 5.97 Å². The van der Waals surface area contributed by atoms with Crippen molar-refractivity contribution in [2.75, 3.05) is 27.4 Å². The van der Waals surface area contributed by atoms with Gasteiger partial charge in [0, 0.05) is 31.3 Å². The molecule has 2 aromatic rings. The number of nitrogens with one attached hydrogen (secondary N) is 1. The summed E-state index contributed by atoms with van der Waals surface area (Å²) >= 11 is 0. The number of rotatable bonds is 12. The van der Waals surface area contributed by atoms with Crippen molar-refractivity contribution < 1.29 is 59.7 Å². The van der Waals surface area contributed by atoms with Gasteiger partial charge in [-0.2, -0.15) is 0 Å². The second-order valence-electron chi connectivity index (χ2n) is 17.9. The maximum absolute atomic E-state index is 14.9. The molecule has 0 bridgehead atoms. The summed E-state index contributed by atoms with van der Waals surface area (Å²) in [5, 5.41) is 1.26. The Labute approximate surface area is 349 Å². The fourth-order valence-electron chi connectivity index (χ4n) is 8.56. The second kappa shape index (κ2) is 16.8. The number of methoxy groups -OCH3 is 2. The molecule has 2 saturated carbocycles. The Balaban J connectivity index is 1.37. The molecule has 2 aliphatic carbocycles. The van der Waals surface area contributed by atoms with E-state index in [-0.39, 0.29) is 44.0 Å². The Hall–Kier alpha value is -4.41. The number of Topliss-reactive ketones (excluding diaryl/α,β-unsaturated/α-hetero) is 1. The van der Waals surface area contributed by atoms with Gasteiger partial charge in [-0.15, -0.1) is 0 Å². The molecule has 13 nitrogen and oxygen atoms in total. The number of pyridine rings is 1. The Kier molecular flexibility index (Phi) is 12.6. The monoisotopic (exact) mass is 863 g/mol. The van der Waals surface area contributed by atoms with E-state index in [4.69, 9.17) is 18.9 Å². The quantitative estimate of drug-likeness (QED) is 0.183. The molecule has 3 fully saturated rings. The average Bonchev–Trinajstić information content (AvgIpc) is 4.08. The van der Waals surface area contributed by atoms with Gasteiger partial charge in [0.2, 0.25) is 27.7 Å². The number of aromatic nitrogens is 1. The first-order valence-electron chi connectivity index (χ1n) is 20.5. The molecule has 0 unspecified atom stereocenters. The van der Waals surface area contributed by atoms with E-state index >= 15 is 0 Å². The third kappa shape index (κ3) is 8.96. The highest BCUT2D eigenvalue weighted by atomic mass is 32.2. The number of esters is 1. The van der Waals surface area contributed by atoms with Gasteiger partial charge in [-0.3, -0.25) is 23.9 Å². The summed E-state index contributed by atoms with van der Waals surface area (Å²) in [6.07, 6.45) is 5.41. The third-order valence-electron chi connectivity index (χ3n) is 13.1. The number of nitrogens with zero attached hydrogens (tertiary/aromatic N) is 2. The first kappa shape index (κ1) is 45.1. The largest absolute Gasteiger partial charge is 0.493 e. The zero-order valence-corrected chi connectivity index (χ0v) is 36.0. The predicted octanol–water partition coefficient (Wildman–Crippen LogP) is 6.51. The highest BCUT2D eigenvalue weighted by molar-refractivity contribution is 7.91. The van der Waals surface area contributed by atoms with Crippen LogP contribution in [0.4, 0.5) is 13.2 Å². The van der Waals surface area contributed by atoms with Crippen LogP contribution in [0.25, 0.3) is 10.8 Å². The molecule has 7 atom stereocenters. The van der Waals surface area contributed by atoms with E-state index in [0.29, 0.717) is 48.5 Å². The summed E-state index contributed by atoms with van der Waals surface area (Å²) in [5.41, 5.74) is -3.65. The molecule has 2 aliphatic heterocycles. The van der Waals surface area contributed by atoms with Gasteiger partial charge in [0.05, 0.1) is 44.6 Å². The number of fused-ring (bicyclic) bond motifs is 3. The number of halogens is 3. The molecule has 6 rings (SSSR count). The number of benzene rings is 1. The van der Waals surface area contributed by atoms with E-state index in [9.17, 15) is 40.8 Å². The van der Waals surface area contributed by atoms with E-state index in [1.54, 1.807) is 25.1 Å². The standard InChI is InChI=1S/C43H56F3N3O10S/c1-25-10-8-9-11-28-21-43(28,39(53)48-60(54,55)42(24-44)13-14-42)22-33(50)32-18-29(58-37-31-19-35(57-7)34(56-6)17-27(31)12-15-47-37)23-49(32)38(52)30(26(2)16-25)20-36(51)59-40(3,4)41(5,45)46/h9,11-12,15,17,19,25-26,28-30,32H,8,10,13-14,16,18,20-24H2,1-7H3,(H,48,53)/b11-9-/t25-,26-,28-,29-,30+,32+,43-/m1/s1. The highest BCUT2D eigenvalue weighted by Gasteiger charge is 2.63. The van der Waals surface area contributed by atoms with Crippen molar-refractivity contribution >= 4 is 44.4 Å². The van der Waals surface area contributed by atoms with Crippen molar-refractivity contribution in [2.24, 2.45) is 29.1 Å². The van der Waals surface area contributed by atoms with E-state index in [1.807, 2.05) is 19.1 Å². The van der Waals surface area contributed by atoms with Gasteiger partial charge in [-0.25, -0.2) is 26.6 Å². The molecule has 1 N–H and O–H groups in total. The molecule has 1 aromatic heterocycles. The number of carbonyl (C=O) groups is 4. The van der Waals surface area contributed by atoms with Crippen LogP contribution in [0.15, 0.2) is 36.5 Å². The highest BCUT2D eigenvalue weighted by Crippen LogP contribution is 2.58. The number of allylic oxidation sites excluding steroid dienone is 2. The van der Waals surface area contributed by atoms with Crippen LogP contribution in [-0.4, -0.2) is 97.7 Å². The number of amides is 2. The molecule has 60 heavy (non-hydrogen) atoms. The minimum absolute atomic E-state index is 0.0329. The second-order valence-corrected chi connectivity index (χ2v) is 20.0. The Morgan fingerprint density at radius 3 is 2.37 bits per heavy atom. The molecule has 2 amide bonds. The van der Waals surface area contributed by atoms with E-state index in [2.05, 4.69) is 9.71 Å². The summed E-state index contributed by atoms with van der Waals surface area (Å²) in [7, 11) is -1.42. The Morgan fingerprint density at radius 1 is 1.05 bits per heavy atom. The van der Waals surface area contributed by atoms with E-state index < -0.39 is 105 Å². The van der Waals surface area contributed by atoms with Crippen LogP contribution in [0.5, 0.6) is 17.4 Å². The smallest absolute Gasteiger partial charge is 0.307 e. The third-order valence-corrected chi connectivity index (χ3v) is 15.2. The van der Waals surface area contributed by atoms with Gasteiger partial charge in [0.1, 0.15) is 17.5 Å². The summed E-state index contributed by atoms with van der Waals surface area (Å²) in [4.78, 5) is 62.9. The summed E-state index contributed by atoms with van der Waals surface area (Å²) in [6, 6.07) is 4.00. The lowest BCUT2D eigenvalue weighted by Gasteiger charge is -2.34. The maximum atomic E-state index is 14.9. The van der Waals surface area contributed by atoms with Crippen LogP contribution in [0.3, 0.4) is 0 Å². The molecule has 0 radical (unpaired) electrons. The molecular formula is C43H56F3N3O10S. The van der Waals surface area contributed by atoms with Gasteiger partial charge in [0.25, 0.3) is 5.92 Å². The van der Waals surface area contributed by atoms with Crippen LogP contribution in [-0.2, 0) is 33.9 Å². The van der Waals surface area contributed by atoms with Crippen molar-refractivity contribution in [3.8, 4) is 17.4 Å². The van der Waals surface area contributed by atoms with Gasteiger partial charge < -0.3 is 23.8 Å². The molecule has 3 heterocycles. The van der Waals surface area contributed by atoms with Crippen molar-refractivity contribution in [2.45, 2.75) is 121 Å². The molecule has 17 heteroatoms. The molecule has 4 aliphatic rings. The number of alkyl halides is 3. The van der Waals surface area contributed by atoms with Crippen molar-refractivity contribution in [3.63, 3.8) is 0 Å². The molecule has 330 valence electrons. The Morgan fingerprint density at radius 2 is 1.73 bits per heavy atom. The normalized spacial score (nSPS) is 29.0. The van der Waals surface area contributed by atoms with Crippen LogP contribution >= 0.6 is 0 Å². The number of ketones is 1. The summed E-state index contributed by atoms with van der Waals surface area (Å²) in [5.74, 6) is -7.37. The first-order valence-corrected chi connectivity index (χ1v) is 22.0. The maximum Gasteiger partial charge on any atom is 0.307 e. The van der Waals surface area contributed by atoms with E-state index in [1.165, 1.54) is 25.3 Å². The number of hydrogen-bond donors (Lipinski definition) is 1. The van der Waals surface area contributed by atoms with Crippen LogP contribution in [0.2, 0.25) is 0 Å². The van der Waals surface area contributed by atoms with Gasteiger partial charge in [0.15, 0.2) is 22.9 Å². The lowest BCUT2D eigenvalue weighted by Crippen LogP contribution is -2.49. The lowest BCUT2D eigenvalue weighted by atomic mass is 9.82. The fraction of sp³-hybridized carbons (Fsp3) is 0.651. The number of ether oxygens (including phenoxy) is 4. The fourth-order valence-corrected chi connectivity index (χ4v) is 10.0. The zero-order valence-electron chi connectivity index (χ0n) is 35.2. The topological polar surface area (TPSA) is 167 Å². The molecular weight excluding hydrogens is 808 g/mol.